The van der Waals surface area contributed by atoms with Crippen molar-refractivity contribution < 1.29 is 19.4 Å². The minimum Gasteiger partial charge on any atom is -0.493 e. The Hall–Kier alpha value is -2.50. The molecule has 1 aliphatic carbocycles. The Morgan fingerprint density at radius 1 is 1.27 bits per heavy atom. The van der Waals surface area contributed by atoms with E-state index in [2.05, 4.69) is 10.2 Å². The van der Waals surface area contributed by atoms with Crippen molar-refractivity contribution >= 4 is 5.97 Å². The smallest absolute Gasteiger partial charge is 0.353 e. The molecule has 6 nitrogen and oxygen atoms in total. The molecule has 1 aliphatic rings. The maximum absolute atomic E-state index is 10.9. The highest BCUT2D eigenvalue weighted by Gasteiger charge is 2.19. The standard InChI is InChI=1S/C16H18N2O4/c1-21-14-7-6-10(12-9-13(16(19)20)18-17-12)8-15(14)22-11-4-2-3-5-11/h6-9,11H,2-5H2,1H3,(H,17,18)(H,19,20). The number of benzene rings is 1. The van der Waals surface area contributed by atoms with Crippen LogP contribution < -0.4 is 9.47 Å². The molecule has 22 heavy (non-hydrogen) atoms. The summed E-state index contributed by atoms with van der Waals surface area (Å²) in [7, 11) is 1.60. The van der Waals surface area contributed by atoms with Crippen LogP contribution in [0.25, 0.3) is 11.3 Å². The summed E-state index contributed by atoms with van der Waals surface area (Å²) in [6, 6.07) is 7.00. The molecule has 1 heterocycles. The third-order valence-corrected chi connectivity index (χ3v) is 3.86. The van der Waals surface area contributed by atoms with Gasteiger partial charge in [0, 0.05) is 5.56 Å². The Labute approximate surface area is 128 Å². The molecule has 1 aromatic heterocycles. The van der Waals surface area contributed by atoms with Crippen molar-refractivity contribution in [2.45, 2.75) is 31.8 Å². The summed E-state index contributed by atoms with van der Waals surface area (Å²) >= 11 is 0. The molecule has 6 heteroatoms. The van der Waals surface area contributed by atoms with Gasteiger partial charge in [-0.05, 0) is 49.9 Å². The zero-order valence-corrected chi connectivity index (χ0v) is 12.3. The number of rotatable bonds is 5. The van der Waals surface area contributed by atoms with Crippen LogP contribution in [0.5, 0.6) is 11.5 Å². The molecule has 1 aromatic carbocycles. The average molecular weight is 302 g/mol. The van der Waals surface area contributed by atoms with Crippen molar-refractivity contribution in [1.29, 1.82) is 0 Å². The Bertz CT molecular complexity index is 675. The quantitative estimate of drug-likeness (QED) is 0.886. The molecular weight excluding hydrogens is 284 g/mol. The van der Waals surface area contributed by atoms with E-state index < -0.39 is 5.97 Å². The summed E-state index contributed by atoms with van der Waals surface area (Å²) in [4.78, 5) is 10.9. The van der Waals surface area contributed by atoms with Gasteiger partial charge in [-0.3, -0.25) is 5.10 Å². The lowest BCUT2D eigenvalue weighted by Gasteiger charge is -2.16. The van der Waals surface area contributed by atoms with Gasteiger partial charge in [0.25, 0.3) is 0 Å². The van der Waals surface area contributed by atoms with E-state index in [0.29, 0.717) is 17.2 Å². The van der Waals surface area contributed by atoms with Gasteiger partial charge in [0.1, 0.15) is 5.69 Å². The zero-order chi connectivity index (χ0) is 15.5. The van der Waals surface area contributed by atoms with Crippen molar-refractivity contribution in [1.82, 2.24) is 10.2 Å². The number of aromatic amines is 1. The fourth-order valence-electron chi connectivity index (χ4n) is 2.69. The van der Waals surface area contributed by atoms with Gasteiger partial charge in [-0.1, -0.05) is 0 Å². The second-order valence-corrected chi connectivity index (χ2v) is 5.36. The van der Waals surface area contributed by atoms with Gasteiger partial charge in [0.2, 0.25) is 0 Å². The summed E-state index contributed by atoms with van der Waals surface area (Å²) < 4.78 is 11.4. The van der Waals surface area contributed by atoms with Crippen molar-refractivity contribution in [3.8, 4) is 22.8 Å². The van der Waals surface area contributed by atoms with Gasteiger partial charge in [-0.15, -0.1) is 0 Å². The average Bonchev–Trinajstić information content (AvgIpc) is 3.18. The second-order valence-electron chi connectivity index (χ2n) is 5.36. The molecule has 2 aromatic rings. The highest BCUT2D eigenvalue weighted by molar-refractivity contribution is 5.86. The van der Waals surface area contributed by atoms with E-state index in [1.165, 1.54) is 18.9 Å². The number of nitrogens with zero attached hydrogens (tertiary/aromatic N) is 1. The number of hydrogen-bond acceptors (Lipinski definition) is 4. The van der Waals surface area contributed by atoms with Crippen molar-refractivity contribution in [2.24, 2.45) is 0 Å². The van der Waals surface area contributed by atoms with E-state index in [1.54, 1.807) is 7.11 Å². The van der Waals surface area contributed by atoms with E-state index in [9.17, 15) is 4.79 Å². The largest absolute Gasteiger partial charge is 0.493 e. The summed E-state index contributed by atoms with van der Waals surface area (Å²) in [5, 5.41) is 15.5. The lowest BCUT2D eigenvalue weighted by atomic mass is 10.1. The van der Waals surface area contributed by atoms with E-state index in [0.717, 1.165) is 18.4 Å². The zero-order valence-electron chi connectivity index (χ0n) is 12.3. The normalized spacial score (nSPS) is 15.0. The van der Waals surface area contributed by atoms with Crippen LogP contribution in [0.2, 0.25) is 0 Å². The van der Waals surface area contributed by atoms with Gasteiger partial charge in [-0.2, -0.15) is 5.10 Å². The van der Waals surface area contributed by atoms with Gasteiger partial charge >= 0.3 is 5.97 Å². The number of aromatic carboxylic acids is 1. The lowest BCUT2D eigenvalue weighted by Crippen LogP contribution is -2.11. The molecule has 0 bridgehead atoms. The molecule has 0 aliphatic heterocycles. The van der Waals surface area contributed by atoms with E-state index in [-0.39, 0.29) is 11.8 Å². The third-order valence-electron chi connectivity index (χ3n) is 3.86. The molecule has 0 atom stereocenters. The number of H-pyrrole nitrogens is 1. The number of methoxy groups -OCH3 is 1. The highest BCUT2D eigenvalue weighted by atomic mass is 16.5. The predicted octanol–water partition coefficient (Wildman–Crippen LogP) is 3.10. The van der Waals surface area contributed by atoms with E-state index in [1.807, 2.05) is 18.2 Å². The summed E-state index contributed by atoms with van der Waals surface area (Å²) in [5.74, 6) is 0.311. The third kappa shape index (κ3) is 2.90. The Balaban J connectivity index is 1.89. The number of carboxylic acid groups (broad SMARTS) is 1. The van der Waals surface area contributed by atoms with Gasteiger partial charge in [0.05, 0.1) is 18.9 Å². The minimum atomic E-state index is -1.03. The molecule has 2 N–H and O–H groups in total. The maximum Gasteiger partial charge on any atom is 0.353 e. The van der Waals surface area contributed by atoms with Crippen molar-refractivity contribution in [2.75, 3.05) is 7.11 Å². The molecule has 0 radical (unpaired) electrons. The molecule has 0 spiro atoms. The van der Waals surface area contributed by atoms with Crippen molar-refractivity contribution in [3.05, 3.63) is 30.0 Å². The van der Waals surface area contributed by atoms with E-state index in [4.69, 9.17) is 14.6 Å². The Kier molecular flexibility index (Phi) is 4.00. The van der Waals surface area contributed by atoms with Gasteiger partial charge < -0.3 is 14.6 Å². The SMILES string of the molecule is COc1ccc(-c2cc(C(=O)O)[nH]n2)cc1OC1CCCC1. The monoisotopic (exact) mass is 302 g/mol. The first kappa shape index (κ1) is 14.4. The first-order valence-electron chi connectivity index (χ1n) is 7.31. The molecule has 1 saturated carbocycles. The number of carboxylic acids is 1. The van der Waals surface area contributed by atoms with Crippen LogP contribution in [-0.2, 0) is 0 Å². The van der Waals surface area contributed by atoms with Crippen molar-refractivity contribution in [3.63, 3.8) is 0 Å². The second kappa shape index (κ2) is 6.09. The Morgan fingerprint density at radius 3 is 2.68 bits per heavy atom. The topological polar surface area (TPSA) is 84.4 Å². The maximum atomic E-state index is 10.9. The van der Waals surface area contributed by atoms with Crippen LogP contribution in [0, 0.1) is 0 Å². The minimum absolute atomic E-state index is 0.0593. The molecular formula is C16H18N2O4. The number of nitrogens with one attached hydrogen (secondary N) is 1. The first-order chi connectivity index (χ1) is 10.7. The fourth-order valence-corrected chi connectivity index (χ4v) is 2.69. The number of ether oxygens (including phenoxy) is 2. The fraction of sp³-hybridized carbons (Fsp3) is 0.375. The van der Waals surface area contributed by atoms with Crippen LogP contribution in [0.1, 0.15) is 36.2 Å². The molecule has 1 fully saturated rings. The highest BCUT2D eigenvalue weighted by Crippen LogP contribution is 2.35. The summed E-state index contributed by atoms with van der Waals surface area (Å²) in [6.45, 7) is 0. The van der Waals surface area contributed by atoms with Crippen LogP contribution >= 0.6 is 0 Å². The predicted molar refractivity (Wildman–Crippen MR) is 80.4 cm³/mol. The number of hydrogen-bond donors (Lipinski definition) is 2. The molecule has 0 unspecified atom stereocenters. The number of carbonyl (C=O) groups is 1. The molecule has 3 rings (SSSR count). The van der Waals surface area contributed by atoms with Crippen LogP contribution in [0.4, 0.5) is 0 Å². The summed E-state index contributed by atoms with van der Waals surface area (Å²) in [5.41, 5.74) is 1.41. The lowest BCUT2D eigenvalue weighted by molar-refractivity contribution is 0.0690. The first-order valence-corrected chi connectivity index (χ1v) is 7.31. The van der Waals surface area contributed by atoms with Gasteiger partial charge in [0.15, 0.2) is 11.5 Å². The van der Waals surface area contributed by atoms with Crippen LogP contribution in [0.3, 0.4) is 0 Å². The van der Waals surface area contributed by atoms with E-state index >= 15 is 0 Å². The Morgan fingerprint density at radius 2 is 2.05 bits per heavy atom. The molecule has 116 valence electrons. The van der Waals surface area contributed by atoms with Crippen LogP contribution in [0.15, 0.2) is 24.3 Å². The number of aromatic nitrogens is 2. The summed E-state index contributed by atoms with van der Waals surface area (Å²) in [6.07, 6.45) is 4.71. The molecule has 0 saturated heterocycles. The molecule has 0 amide bonds. The van der Waals surface area contributed by atoms with Crippen LogP contribution in [-0.4, -0.2) is 34.5 Å². The van der Waals surface area contributed by atoms with Gasteiger partial charge in [-0.25, -0.2) is 4.79 Å².